The summed E-state index contributed by atoms with van der Waals surface area (Å²) in [5.74, 6) is 2.09. The molecule has 0 aliphatic heterocycles. The summed E-state index contributed by atoms with van der Waals surface area (Å²) in [6, 6.07) is 6.49. The highest BCUT2D eigenvalue weighted by Gasteiger charge is 2.24. The molecule has 3 heteroatoms. The Morgan fingerprint density at radius 1 is 1.22 bits per heavy atom. The van der Waals surface area contributed by atoms with Gasteiger partial charge in [0.2, 0.25) is 0 Å². The van der Waals surface area contributed by atoms with Gasteiger partial charge in [-0.15, -0.1) is 0 Å². The molecule has 0 aromatic heterocycles. The van der Waals surface area contributed by atoms with E-state index in [1.54, 1.807) is 7.11 Å². The van der Waals surface area contributed by atoms with Crippen molar-refractivity contribution in [1.82, 2.24) is 0 Å². The van der Waals surface area contributed by atoms with Gasteiger partial charge in [0.15, 0.2) is 11.5 Å². The number of methoxy groups -OCH3 is 1. The van der Waals surface area contributed by atoms with Gasteiger partial charge in [-0.25, -0.2) is 0 Å². The van der Waals surface area contributed by atoms with Crippen LogP contribution in [-0.4, -0.2) is 19.8 Å². The van der Waals surface area contributed by atoms with Crippen LogP contribution in [0.15, 0.2) is 18.2 Å². The van der Waals surface area contributed by atoms with Gasteiger partial charge in [0.05, 0.1) is 13.7 Å². The van der Waals surface area contributed by atoms with Crippen LogP contribution in [0.4, 0.5) is 0 Å². The molecular formula is C15H23NO2. The molecule has 1 aromatic rings. The Morgan fingerprint density at radius 3 is 2.67 bits per heavy atom. The van der Waals surface area contributed by atoms with Crippen LogP contribution in [0.2, 0.25) is 0 Å². The zero-order valence-corrected chi connectivity index (χ0v) is 11.3. The molecule has 0 radical (unpaired) electrons. The van der Waals surface area contributed by atoms with E-state index in [1.165, 1.54) is 24.8 Å². The van der Waals surface area contributed by atoms with Gasteiger partial charge in [-0.3, -0.25) is 0 Å². The van der Waals surface area contributed by atoms with Crippen LogP contribution in [0.3, 0.4) is 0 Å². The van der Waals surface area contributed by atoms with Gasteiger partial charge >= 0.3 is 0 Å². The number of rotatable bonds is 4. The Morgan fingerprint density at radius 2 is 2.00 bits per heavy atom. The van der Waals surface area contributed by atoms with Crippen molar-refractivity contribution in [2.24, 2.45) is 5.73 Å². The first-order chi connectivity index (χ1) is 8.76. The van der Waals surface area contributed by atoms with Gasteiger partial charge in [-0.1, -0.05) is 18.9 Å². The molecule has 0 spiro atoms. The van der Waals surface area contributed by atoms with Crippen molar-refractivity contribution >= 4 is 0 Å². The van der Waals surface area contributed by atoms with E-state index in [1.807, 2.05) is 13.0 Å². The monoisotopic (exact) mass is 249 g/mol. The number of nitrogens with two attached hydrogens (primary N) is 1. The molecule has 18 heavy (non-hydrogen) atoms. The van der Waals surface area contributed by atoms with E-state index in [0.717, 1.165) is 17.9 Å². The van der Waals surface area contributed by atoms with Crippen LogP contribution in [0.1, 0.15) is 44.1 Å². The molecule has 0 saturated heterocycles. The van der Waals surface area contributed by atoms with Crippen molar-refractivity contribution in [2.75, 3.05) is 13.7 Å². The van der Waals surface area contributed by atoms with Crippen molar-refractivity contribution in [3.05, 3.63) is 23.8 Å². The summed E-state index contributed by atoms with van der Waals surface area (Å²) in [4.78, 5) is 0. The zero-order valence-electron chi connectivity index (χ0n) is 11.3. The molecule has 1 aliphatic carbocycles. The highest BCUT2D eigenvalue weighted by molar-refractivity contribution is 5.44. The van der Waals surface area contributed by atoms with Crippen LogP contribution >= 0.6 is 0 Å². The Balaban J connectivity index is 2.23. The first-order valence-corrected chi connectivity index (χ1v) is 6.82. The predicted octanol–water partition coefficient (Wildman–Crippen LogP) is 3.08. The van der Waals surface area contributed by atoms with Crippen molar-refractivity contribution in [3.63, 3.8) is 0 Å². The number of hydrogen-bond donors (Lipinski definition) is 1. The lowest BCUT2D eigenvalue weighted by atomic mass is 9.80. The van der Waals surface area contributed by atoms with E-state index in [0.29, 0.717) is 12.5 Å². The van der Waals surface area contributed by atoms with E-state index in [9.17, 15) is 0 Å². The Labute approximate surface area is 109 Å². The average Bonchev–Trinajstić information content (AvgIpc) is 2.40. The topological polar surface area (TPSA) is 44.5 Å². The molecule has 3 nitrogen and oxygen atoms in total. The molecular weight excluding hydrogens is 226 g/mol. The molecule has 2 rings (SSSR count). The Bertz CT molecular complexity index is 392. The maximum Gasteiger partial charge on any atom is 0.161 e. The average molecular weight is 249 g/mol. The SMILES string of the molecule is CCOc1ccc(C2CCCCC2N)cc1OC. The first kappa shape index (κ1) is 13.2. The Kier molecular flexibility index (Phi) is 4.48. The van der Waals surface area contributed by atoms with E-state index in [-0.39, 0.29) is 6.04 Å². The third kappa shape index (κ3) is 2.78. The molecule has 2 N–H and O–H groups in total. The van der Waals surface area contributed by atoms with Crippen LogP contribution in [-0.2, 0) is 0 Å². The largest absolute Gasteiger partial charge is 0.493 e. The van der Waals surface area contributed by atoms with E-state index < -0.39 is 0 Å². The van der Waals surface area contributed by atoms with Gasteiger partial charge in [-0.05, 0) is 43.4 Å². The molecule has 1 aromatic carbocycles. The normalized spacial score (nSPS) is 23.7. The fraction of sp³-hybridized carbons (Fsp3) is 0.600. The summed E-state index contributed by atoms with van der Waals surface area (Å²) in [5.41, 5.74) is 7.51. The highest BCUT2D eigenvalue weighted by atomic mass is 16.5. The molecule has 1 saturated carbocycles. The minimum absolute atomic E-state index is 0.279. The maximum atomic E-state index is 6.23. The van der Waals surface area contributed by atoms with Crippen molar-refractivity contribution < 1.29 is 9.47 Å². The van der Waals surface area contributed by atoms with Gasteiger partial charge in [-0.2, -0.15) is 0 Å². The van der Waals surface area contributed by atoms with Crippen molar-refractivity contribution in [2.45, 2.75) is 44.6 Å². The Hall–Kier alpha value is -1.22. The third-order valence-corrected chi connectivity index (χ3v) is 3.74. The summed E-state index contributed by atoms with van der Waals surface area (Å²) in [6.45, 7) is 2.63. The van der Waals surface area contributed by atoms with Gasteiger partial charge in [0, 0.05) is 6.04 Å². The lowest BCUT2D eigenvalue weighted by molar-refractivity contribution is 0.309. The van der Waals surface area contributed by atoms with Crippen LogP contribution in [0.25, 0.3) is 0 Å². The standard InChI is InChI=1S/C15H23NO2/c1-3-18-14-9-8-11(10-15(14)17-2)12-6-4-5-7-13(12)16/h8-10,12-13H,3-7,16H2,1-2H3. The predicted molar refractivity (Wildman–Crippen MR) is 73.3 cm³/mol. The number of ether oxygens (including phenoxy) is 2. The number of hydrogen-bond acceptors (Lipinski definition) is 3. The molecule has 0 bridgehead atoms. The van der Waals surface area contributed by atoms with Crippen molar-refractivity contribution in [1.29, 1.82) is 0 Å². The number of benzene rings is 1. The van der Waals surface area contributed by atoms with Gasteiger partial charge in [0.1, 0.15) is 0 Å². The van der Waals surface area contributed by atoms with E-state index in [2.05, 4.69) is 12.1 Å². The van der Waals surface area contributed by atoms with Crippen LogP contribution in [0, 0.1) is 0 Å². The van der Waals surface area contributed by atoms with E-state index in [4.69, 9.17) is 15.2 Å². The van der Waals surface area contributed by atoms with Crippen LogP contribution in [0.5, 0.6) is 11.5 Å². The quantitative estimate of drug-likeness (QED) is 0.892. The maximum absolute atomic E-state index is 6.23. The fourth-order valence-electron chi connectivity index (χ4n) is 2.76. The highest BCUT2D eigenvalue weighted by Crippen LogP contribution is 2.36. The minimum atomic E-state index is 0.279. The molecule has 100 valence electrons. The molecule has 2 unspecified atom stereocenters. The minimum Gasteiger partial charge on any atom is -0.493 e. The van der Waals surface area contributed by atoms with E-state index >= 15 is 0 Å². The van der Waals surface area contributed by atoms with Gasteiger partial charge < -0.3 is 15.2 Å². The lowest BCUT2D eigenvalue weighted by Crippen LogP contribution is -2.31. The smallest absolute Gasteiger partial charge is 0.161 e. The first-order valence-electron chi connectivity index (χ1n) is 6.82. The fourth-order valence-corrected chi connectivity index (χ4v) is 2.76. The summed E-state index contributed by atoms with van der Waals surface area (Å²) >= 11 is 0. The van der Waals surface area contributed by atoms with Crippen molar-refractivity contribution in [3.8, 4) is 11.5 Å². The second kappa shape index (κ2) is 6.10. The third-order valence-electron chi connectivity index (χ3n) is 3.74. The molecule has 1 aliphatic rings. The second-order valence-corrected chi connectivity index (χ2v) is 4.90. The summed E-state index contributed by atoms with van der Waals surface area (Å²) in [5, 5.41) is 0. The summed E-state index contributed by atoms with van der Waals surface area (Å²) in [6.07, 6.45) is 4.83. The lowest BCUT2D eigenvalue weighted by Gasteiger charge is -2.29. The summed E-state index contributed by atoms with van der Waals surface area (Å²) < 4.78 is 10.9. The summed E-state index contributed by atoms with van der Waals surface area (Å²) in [7, 11) is 1.68. The molecule has 0 heterocycles. The second-order valence-electron chi connectivity index (χ2n) is 4.90. The molecule has 0 amide bonds. The zero-order chi connectivity index (χ0) is 13.0. The van der Waals surface area contributed by atoms with Gasteiger partial charge in [0.25, 0.3) is 0 Å². The molecule has 2 atom stereocenters. The molecule has 1 fully saturated rings. The van der Waals surface area contributed by atoms with Crippen LogP contribution < -0.4 is 15.2 Å².